The molecule has 0 saturated carbocycles. The number of hydrogen-bond acceptors (Lipinski definition) is 0. The Labute approximate surface area is 210 Å². The molecule has 4 aromatic carbocycles. The van der Waals surface area contributed by atoms with E-state index in [1.165, 1.54) is 28.3 Å². The number of benzene rings is 4. The van der Waals surface area contributed by atoms with Crippen LogP contribution in [0.2, 0.25) is 0 Å². The summed E-state index contributed by atoms with van der Waals surface area (Å²) in [5.74, 6) is 1.62. The molecule has 0 unspecified atom stereocenters. The molecule has 0 spiro atoms. The van der Waals surface area contributed by atoms with Crippen LogP contribution in [0.5, 0.6) is 0 Å². The maximum atomic E-state index is 2.30. The van der Waals surface area contributed by atoms with E-state index in [0.29, 0.717) is 0 Å². The van der Waals surface area contributed by atoms with Crippen molar-refractivity contribution >= 4 is 28.0 Å². The second-order valence-electron chi connectivity index (χ2n) is 8.84. The first kappa shape index (κ1) is 23.2. The first-order valence-corrected chi connectivity index (χ1v) is 11.6. The zero-order chi connectivity index (χ0) is 21.6. The van der Waals surface area contributed by atoms with Crippen LogP contribution in [0.15, 0.2) is 146 Å². The van der Waals surface area contributed by atoms with Gasteiger partial charge in [-0.25, -0.2) is 0 Å². The van der Waals surface area contributed by atoms with E-state index in [1.54, 1.807) is 0 Å². The van der Waals surface area contributed by atoms with Gasteiger partial charge in [-0.15, -0.1) is 0 Å². The number of allylic oxidation sites excluding steroid dienone is 4. The molecule has 1 radical (unpaired) electrons. The van der Waals surface area contributed by atoms with Crippen LogP contribution in [0.3, 0.4) is 0 Å². The normalized spacial score (nSPS) is 17.7. The van der Waals surface area contributed by atoms with E-state index >= 15 is 0 Å². The molecule has 2 aliphatic rings. The van der Waals surface area contributed by atoms with Crippen LogP contribution < -0.4 is 21.9 Å². The van der Waals surface area contributed by atoms with Gasteiger partial charge in [0.25, 0.3) is 0 Å². The van der Waals surface area contributed by atoms with Crippen LogP contribution >= 0.6 is 0 Å². The van der Waals surface area contributed by atoms with Crippen LogP contribution in [0.4, 0.5) is 0 Å². The molecule has 0 N–H and O–H groups in total. The molecule has 2 heteroatoms. The van der Waals surface area contributed by atoms with Crippen molar-refractivity contribution in [1.82, 2.24) is 0 Å². The van der Waals surface area contributed by atoms with Gasteiger partial charge in [0.1, 0.15) is 6.15 Å². The van der Waals surface area contributed by atoms with Crippen molar-refractivity contribution in [3.05, 3.63) is 146 Å². The fourth-order valence-electron chi connectivity index (χ4n) is 5.45. The summed E-state index contributed by atoms with van der Waals surface area (Å²) in [5.41, 5.74) is 5.36. The van der Waals surface area contributed by atoms with E-state index in [-0.39, 0.29) is 19.5 Å². The third-order valence-corrected chi connectivity index (χ3v) is 6.95. The first-order valence-electron chi connectivity index (χ1n) is 11.6. The summed E-state index contributed by atoms with van der Waals surface area (Å²) in [6.07, 6.45) is 9.33. The quantitative estimate of drug-likeness (QED) is 0.271. The predicted molar refractivity (Wildman–Crippen MR) is 140 cm³/mol. The minimum atomic E-state index is -1.22. The zero-order valence-corrected chi connectivity index (χ0v) is 20.3. The molecule has 33 heavy (non-hydrogen) atoms. The number of fused-ring (bicyclic) bond motifs is 2. The molecule has 165 valence electrons. The van der Waals surface area contributed by atoms with Gasteiger partial charge in [0.2, 0.25) is 0 Å². The van der Waals surface area contributed by atoms with Crippen LogP contribution in [-0.2, 0) is 19.5 Å². The number of hydrogen-bond donors (Lipinski definition) is 0. The Balaban J connectivity index is 0.000000274. The molecule has 4 aromatic rings. The molecule has 0 heterocycles. The standard InChI is InChI=1S/C24H20B.C7H8.Rh/c1-5-13-21(14-6-1)25(22-15-7-2-8-16-22,23-17-9-3-10-18-23)24-19-11-4-12-20-24;1-2-7-4-3-6(1)5-7;/h1-20H;1-4,6-7H,5H2;/q-1;;. The molecule has 0 aromatic heterocycles. The summed E-state index contributed by atoms with van der Waals surface area (Å²) in [5, 5.41) is 0. The van der Waals surface area contributed by atoms with Crippen molar-refractivity contribution in [2.45, 2.75) is 6.42 Å². The SMILES string of the molecule is C1=CC2C=CC1C2.[Rh].c1ccc([B-](c2ccccc2)(c2ccccc2)c2ccccc2)cc1. The minimum absolute atomic E-state index is 0. The second-order valence-corrected chi connectivity index (χ2v) is 8.84. The topological polar surface area (TPSA) is 0 Å². The Hall–Kier alpha value is -2.95. The molecule has 0 fully saturated rings. The third kappa shape index (κ3) is 4.73. The van der Waals surface area contributed by atoms with Gasteiger partial charge < -0.3 is 0 Å². The Kier molecular flexibility index (Phi) is 7.58. The van der Waals surface area contributed by atoms with Gasteiger partial charge in [0, 0.05) is 19.5 Å². The zero-order valence-electron chi connectivity index (χ0n) is 18.6. The monoisotopic (exact) mass is 514 g/mol. The largest absolute Gasteiger partial charge is 0.195 e. The summed E-state index contributed by atoms with van der Waals surface area (Å²) in [6.45, 7) is 0. The van der Waals surface area contributed by atoms with Gasteiger partial charge in [-0.1, -0.05) is 146 Å². The van der Waals surface area contributed by atoms with E-state index in [0.717, 1.165) is 11.8 Å². The Morgan fingerprint density at radius 1 is 0.394 bits per heavy atom. The van der Waals surface area contributed by atoms with Crippen LogP contribution in [0.1, 0.15) is 6.42 Å². The third-order valence-electron chi connectivity index (χ3n) is 6.95. The Bertz CT molecular complexity index is 993. The smallest absolute Gasteiger partial charge is 0.108 e. The molecule has 2 bridgehead atoms. The summed E-state index contributed by atoms with van der Waals surface area (Å²) in [6, 6.07) is 43.5. The Morgan fingerprint density at radius 3 is 0.818 bits per heavy atom. The van der Waals surface area contributed by atoms with E-state index in [4.69, 9.17) is 0 Å². The molecule has 2 aliphatic carbocycles. The summed E-state index contributed by atoms with van der Waals surface area (Å²) < 4.78 is 0. The van der Waals surface area contributed by atoms with Crippen molar-refractivity contribution in [1.29, 1.82) is 0 Å². The van der Waals surface area contributed by atoms with Crippen LogP contribution in [0, 0.1) is 11.8 Å². The maximum Gasteiger partial charge on any atom is 0.108 e. The molecule has 0 atom stereocenters. The molecule has 0 amide bonds. The number of rotatable bonds is 4. The fourth-order valence-corrected chi connectivity index (χ4v) is 5.45. The fraction of sp³-hybridized carbons (Fsp3) is 0.0968. The van der Waals surface area contributed by atoms with Gasteiger partial charge >= 0.3 is 0 Å². The van der Waals surface area contributed by atoms with Crippen molar-refractivity contribution in [3.63, 3.8) is 0 Å². The van der Waals surface area contributed by atoms with Crippen molar-refractivity contribution in [2.75, 3.05) is 0 Å². The summed E-state index contributed by atoms with van der Waals surface area (Å²) in [7, 11) is 0. The van der Waals surface area contributed by atoms with Crippen molar-refractivity contribution < 1.29 is 19.5 Å². The molecule has 0 nitrogen and oxygen atoms in total. The van der Waals surface area contributed by atoms with Crippen LogP contribution in [-0.4, -0.2) is 6.15 Å². The van der Waals surface area contributed by atoms with Crippen molar-refractivity contribution in [2.24, 2.45) is 11.8 Å². The van der Waals surface area contributed by atoms with Gasteiger partial charge in [-0.05, 0) is 18.3 Å². The molecular weight excluding hydrogens is 486 g/mol. The molecule has 0 aliphatic heterocycles. The second kappa shape index (κ2) is 10.8. The van der Waals surface area contributed by atoms with E-state index in [9.17, 15) is 0 Å². The first-order chi connectivity index (χ1) is 15.9. The molecule has 0 saturated heterocycles. The van der Waals surface area contributed by atoms with E-state index in [2.05, 4.69) is 146 Å². The summed E-state index contributed by atoms with van der Waals surface area (Å²) >= 11 is 0. The predicted octanol–water partition coefficient (Wildman–Crippen LogP) is 4.81. The molecular formula is C31H28BRh-. The van der Waals surface area contributed by atoms with Crippen LogP contribution in [0.25, 0.3) is 0 Å². The van der Waals surface area contributed by atoms with E-state index in [1.807, 2.05) is 0 Å². The maximum absolute atomic E-state index is 2.30. The van der Waals surface area contributed by atoms with Gasteiger partial charge in [0.05, 0.1) is 0 Å². The van der Waals surface area contributed by atoms with Gasteiger partial charge in [-0.3, -0.25) is 0 Å². The molecule has 6 rings (SSSR count). The van der Waals surface area contributed by atoms with E-state index < -0.39 is 6.15 Å². The Morgan fingerprint density at radius 2 is 0.636 bits per heavy atom. The summed E-state index contributed by atoms with van der Waals surface area (Å²) in [4.78, 5) is 0. The minimum Gasteiger partial charge on any atom is -0.195 e. The average molecular weight is 514 g/mol. The van der Waals surface area contributed by atoms with Gasteiger partial charge in [0.15, 0.2) is 0 Å². The average Bonchev–Trinajstić information content (AvgIpc) is 3.54. The van der Waals surface area contributed by atoms with Gasteiger partial charge in [-0.2, -0.15) is 21.9 Å². The van der Waals surface area contributed by atoms with Crippen molar-refractivity contribution in [3.8, 4) is 0 Å².